The van der Waals surface area contributed by atoms with Gasteiger partial charge in [0.1, 0.15) is 0 Å². The molecule has 0 saturated carbocycles. The third kappa shape index (κ3) is 2.69. The minimum Gasteiger partial charge on any atom is -0.398 e. The molecule has 1 atom stereocenters. The van der Waals surface area contributed by atoms with Crippen molar-refractivity contribution in [2.24, 2.45) is 0 Å². The van der Waals surface area contributed by atoms with Gasteiger partial charge in [0, 0.05) is 29.4 Å². The molecule has 0 radical (unpaired) electrons. The van der Waals surface area contributed by atoms with Crippen molar-refractivity contribution in [1.82, 2.24) is 9.88 Å². The third-order valence-corrected chi connectivity index (χ3v) is 4.89. The third-order valence-electron chi connectivity index (χ3n) is 3.74. The van der Waals surface area contributed by atoms with Crippen LogP contribution in [0.2, 0.25) is 0 Å². The van der Waals surface area contributed by atoms with Crippen molar-refractivity contribution in [2.45, 2.75) is 19.0 Å². The quantitative estimate of drug-likeness (QED) is 0.933. The number of nitrogen functional groups attached to an aromatic ring is 1. The van der Waals surface area contributed by atoms with Crippen LogP contribution >= 0.6 is 11.8 Å². The Morgan fingerprint density at radius 1 is 1.42 bits per heavy atom. The zero-order chi connectivity index (χ0) is 13.2. The average Bonchev–Trinajstić information content (AvgIpc) is 2.93. The second kappa shape index (κ2) is 5.39. The van der Waals surface area contributed by atoms with Crippen LogP contribution in [0, 0.1) is 0 Å². The van der Waals surface area contributed by atoms with Crippen molar-refractivity contribution in [3.05, 3.63) is 36.0 Å². The van der Waals surface area contributed by atoms with Gasteiger partial charge in [-0.25, -0.2) is 0 Å². The van der Waals surface area contributed by atoms with Gasteiger partial charge in [-0.05, 0) is 31.4 Å². The monoisotopic (exact) mass is 273 g/mol. The van der Waals surface area contributed by atoms with Gasteiger partial charge in [-0.15, -0.1) is 0 Å². The Kier molecular flexibility index (Phi) is 3.62. The summed E-state index contributed by atoms with van der Waals surface area (Å²) >= 11 is 2.04. The molecule has 1 fully saturated rings. The number of thioether (sulfide) groups is 1. The van der Waals surface area contributed by atoms with Crippen molar-refractivity contribution in [3.63, 3.8) is 0 Å². The predicted octanol–water partition coefficient (Wildman–Crippen LogP) is 2.75. The van der Waals surface area contributed by atoms with Crippen LogP contribution in [0.1, 0.15) is 12.1 Å². The first-order valence-corrected chi connectivity index (χ1v) is 7.81. The summed E-state index contributed by atoms with van der Waals surface area (Å²) in [5, 5.41) is 1.05. The van der Waals surface area contributed by atoms with Gasteiger partial charge in [-0.1, -0.05) is 18.2 Å². The number of nitrogens with zero attached hydrogens (tertiary/aromatic N) is 2. The van der Waals surface area contributed by atoms with Crippen LogP contribution in [0.25, 0.3) is 10.9 Å². The lowest BCUT2D eigenvalue weighted by Crippen LogP contribution is -2.31. The Bertz CT molecular complexity index is 579. The van der Waals surface area contributed by atoms with Crippen molar-refractivity contribution in [3.8, 4) is 0 Å². The summed E-state index contributed by atoms with van der Waals surface area (Å²) < 4.78 is 0. The van der Waals surface area contributed by atoms with E-state index in [1.54, 1.807) is 0 Å². The molecule has 0 amide bonds. The molecule has 2 N–H and O–H groups in total. The molecule has 1 aliphatic rings. The number of benzene rings is 1. The first-order valence-electron chi connectivity index (χ1n) is 6.66. The molecule has 0 bridgehead atoms. The minimum absolute atomic E-state index is 0.680. The van der Waals surface area contributed by atoms with E-state index >= 15 is 0 Å². The van der Waals surface area contributed by atoms with E-state index in [0.717, 1.165) is 28.8 Å². The van der Waals surface area contributed by atoms with Gasteiger partial charge >= 0.3 is 0 Å². The number of rotatable bonds is 3. The zero-order valence-electron chi connectivity index (χ0n) is 11.2. The number of nitrogens with two attached hydrogens (primary N) is 1. The van der Waals surface area contributed by atoms with Gasteiger partial charge in [0.05, 0.1) is 11.2 Å². The van der Waals surface area contributed by atoms with Crippen LogP contribution in [-0.2, 0) is 6.54 Å². The molecule has 100 valence electrons. The van der Waals surface area contributed by atoms with E-state index in [4.69, 9.17) is 10.7 Å². The van der Waals surface area contributed by atoms with Crippen LogP contribution < -0.4 is 5.73 Å². The fourth-order valence-corrected chi connectivity index (χ4v) is 3.89. The normalized spacial score (nSPS) is 19.4. The van der Waals surface area contributed by atoms with Gasteiger partial charge in [0.25, 0.3) is 0 Å². The number of anilines is 1. The Labute approximate surface area is 118 Å². The summed E-state index contributed by atoms with van der Waals surface area (Å²) in [6.07, 6.45) is 1.28. The van der Waals surface area contributed by atoms with Gasteiger partial charge < -0.3 is 5.73 Å². The van der Waals surface area contributed by atoms with E-state index in [-0.39, 0.29) is 0 Å². The number of pyridine rings is 1. The number of para-hydroxylation sites is 1. The number of fused-ring (bicyclic) bond motifs is 1. The number of aromatic nitrogens is 1. The first-order chi connectivity index (χ1) is 9.24. The standard InChI is InChI=1S/C15H19N3S/c1-18(12-6-7-19-10-12)9-11-8-14(16)13-4-2-3-5-15(13)17-11/h2-5,8,12H,6-7,9-10H2,1H3,(H2,16,17). The predicted molar refractivity (Wildman–Crippen MR) is 83.4 cm³/mol. The van der Waals surface area contributed by atoms with Crippen LogP contribution in [-0.4, -0.2) is 34.5 Å². The SMILES string of the molecule is CN(Cc1cc(N)c2ccccc2n1)C1CCSC1. The number of hydrogen-bond acceptors (Lipinski definition) is 4. The molecule has 1 saturated heterocycles. The van der Waals surface area contributed by atoms with Crippen molar-refractivity contribution >= 4 is 28.4 Å². The highest BCUT2D eigenvalue weighted by Crippen LogP contribution is 2.24. The number of hydrogen-bond donors (Lipinski definition) is 1. The summed E-state index contributed by atoms with van der Waals surface area (Å²) in [4.78, 5) is 7.12. The summed E-state index contributed by atoms with van der Waals surface area (Å²) in [5.74, 6) is 2.52. The van der Waals surface area contributed by atoms with Crippen molar-refractivity contribution in [1.29, 1.82) is 0 Å². The van der Waals surface area contributed by atoms with E-state index < -0.39 is 0 Å². The maximum absolute atomic E-state index is 6.12. The van der Waals surface area contributed by atoms with Crippen LogP contribution in [0.4, 0.5) is 5.69 Å². The summed E-state index contributed by atoms with van der Waals surface area (Å²) in [6, 6.07) is 10.8. The Morgan fingerprint density at radius 2 is 2.26 bits per heavy atom. The summed E-state index contributed by atoms with van der Waals surface area (Å²) in [6.45, 7) is 0.875. The van der Waals surface area contributed by atoms with E-state index in [0.29, 0.717) is 6.04 Å². The van der Waals surface area contributed by atoms with Gasteiger partial charge in [-0.3, -0.25) is 9.88 Å². The zero-order valence-corrected chi connectivity index (χ0v) is 12.0. The van der Waals surface area contributed by atoms with E-state index in [2.05, 4.69) is 11.9 Å². The lowest BCUT2D eigenvalue weighted by Gasteiger charge is -2.23. The molecular formula is C15H19N3S. The van der Waals surface area contributed by atoms with Gasteiger partial charge in [0.2, 0.25) is 0 Å². The van der Waals surface area contributed by atoms with E-state index in [9.17, 15) is 0 Å². The average molecular weight is 273 g/mol. The van der Waals surface area contributed by atoms with Crippen LogP contribution in [0.15, 0.2) is 30.3 Å². The second-order valence-corrected chi connectivity index (χ2v) is 6.30. The Balaban J connectivity index is 1.84. The highest BCUT2D eigenvalue weighted by atomic mass is 32.2. The first kappa shape index (κ1) is 12.8. The molecule has 4 heteroatoms. The maximum Gasteiger partial charge on any atom is 0.0726 e. The highest BCUT2D eigenvalue weighted by molar-refractivity contribution is 7.99. The molecule has 1 aliphatic heterocycles. The lowest BCUT2D eigenvalue weighted by molar-refractivity contribution is 0.252. The molecule has 1 unspecified atom stereocenters. The minimum atomic E-state index is 0.680. The summed E-state index contributed by atoms with van der Waals surface area (Å²) in [5.41, 5.74) is 9.01. The fraction of sp³-hybridized carbons (Fsp3) is 0.400. The van der Waals surface area contributed by atoms with Crippen LogP contribution in [0.3, 0.4) is 0 Å². The van der Waals surface area contributed by atoms with Gasteiger partial charge in [-0.2, -0.15) is 11.8 Å². The molecule has 3 rings (SSSR count). The molecule has 0 aliphatic carbocycles. The summed E-state index contributed by atoms with van der Waals surface area (Å²) in [7, 11) is 2.18. The fourth-order valence-electron chi connectivity index (χ4n) is 2.59. The lowest BCUT2D eigenvalue weighted by atomic mass is 10.1. The van der Waals surface area contributed by atoms with E-state index in [1.165, 1.54) is 17.9 Å². The van der Waals surface area contributed by atoms with Crippen LogP contribution in [0.5, 0.6) is 0 Å². The smallest absolute Gasteiger partial charge is 0.0726 e. The van der Waals surface area contributed by atoms with Crippen molar-refractivity contribution < 1.29 is 0 Å². The molecule has 2 heterocycles. The molecule has 2 aromatic rings. The second-order valence-electron chi connectivity index (χ2n) is 5.15. The highest BCUT2D eigenvalue weighted by Gasteiger charge is 2.20. The van der Waals surface area contributed by atoms with Crippen molar-refractivity contribution in [2.75, 3.05) is 24.3 Å². The molecule has 1 aromatic carbocycles. The largest absolute Gasteiger partial charge is 0.398 e. The molecule has 3 nitrogen and oxygen atoms in total. The molecular weight excluding hydrogens is 254 g/mol. The Morgan fingerprint density at radius 3 is 3.05 bits per heavy atom. The maximum atomic E-state index is 6.12. The Hall–Kier alpha value is -1.26. The molecule has 0 spiro atoms. The molecule has 19 heavy (non-hydrogen) atoms. The van der Waals surface area contributed by atoms with E-state index in [1.807, 2.05) is 42.1 Å². The topological polar surface area (TPSA) is 42.1 Å². The molecule has 1 aromatic heterocycles. The van der Waals surface area contributed by atoms with Gasteiger partial charge in [0.15, 0.2) is 0 Å².